The molecule has 1 aromatic rings. The van der Waals surface area contributed by atoms with E-state index < -0.39 is 0 Å². The maximum absolute atomic E-state index is 6.03. The Kier molecular flexibility index (Phi) is 2.78. The number of nitrogens with one attached hydrogen (secondary N) is 2. The van der Waals surface area contributed by atoms with Gasteiger partial charge in [-0.3, -0.25) is 4.98 Å². The van der Waals surface area contributed by atoms with Gasteiger partial charge in [0.05, 0.1) is 16.8 Å². The van der Waals surface area contributed by atoms with E-state index >= 15 is 0 Å². The van der Waals surface area contributed by atoms with Crippen LogP contribution >= 0.6 is 11.6 Å². The Morgan fingerprint density at radius 2 is 2.38 bits per heavy atom. The summed E-state index contributed by atoms with van der Waals surface area (Å²) in [5, 5.41) is 7.41. The van der Waals surface area contributed by atoms with Gasteiger partial charge < -0.3 is 10.6 Å². The van der Waals surface area contributed by atoms with E-state index in [9.17, 15) is 0 Å². The molecule has 3 nitrogen and oxygen atoms in total. The lowest BCUT2D eigenvalue weighted by Gasteiger charge is -2.24. The van der Waals surface area contributed by atoms with Crippen LogP contribution in [-0.2, 0) is 0 Å². The molecule has 1 atom stereocenters. The normalized spacial score (nSPS) is 23.0. The Balaban J connectivity index is 2.18. The first-order valence-corrected chi connectivity index (χ1v) is 4.80. The molecule has 1 aliphatic heterocycles. The van der Waals surface area contributed by atoms with E-state index in [1.807, 2.05) is 12.1 Å². The molecule has 0 bridgehead atoms. The largest absolute Gasteiger partial charge is 0.314 e. The Labute approximate surface area is 82.5 Å². The summed E-state index contributed by atoms with van der Waals surface area (Å²) in [7, 11) is 0. The second-order valence-corrected chi connectivity index (χ2v) is 3.49. The van der Waals surface area contributed by atoms with Crippen molar-refractivity contribution in [3.63, 3.8) is 0 Å². The number of hydrogen-bond acceptors (Lipinski definition) is 3. The summed E-state index contributed by atoms with van der Waals surface area (Å²) in [5.74, 6) is 0. The highest BCUT2D eigenvalue weighted by molar-refractivity contribution is 6.31. The maximum atomic E-state index is 6.03. The summed E-state index contributed by atoms with van der Waals surface area (Å²) >= 11 is 6.03. The van der Waals surface area contributed by atoms with E-state index in [0.717, 1.165) is 30.4 Å². The number of piperazine rings is 1. The third-order valence-electron chi connectivity index (χ3n) is 2.16. The molecule has 0 amide bonds. The molecule has 1 saturated heterocycles. The molecule has 2 heterocycles. The number of rotatable bonds is 1. The molecule has 1 aliphatic rings. The van der Waals surface area contributed by atoms with E-state index in [4.69, 9.17) is 11.6 Å². The standard InChI is InChI=1S/C9H12ClN3/c10-7-2-1-3-13-9(7)8-6-11-4-5-12-8/h1-3,8,11-12H,4-6H2. The topological polar surface area (TPSA) is 37.0 Å². The fourth-order valence-corrected chi connectivity index (χ4v) is 1.75. The van der Waals surface area contributed by atoms with Crippen molar-refractivity contribution >= 4 is 11.6 Å². The predicted octanol–water partition coefficient (Wildman–Crippen LogP) is 0.969. The van der Waals surface area contributed by atoms with Gasteiger partial charge >= 0.3 is 0 Å². The lowest BCUT2D eigenvalue weighted by Crippen LogP contribution is -2.43. The highest BCUT2D eigenvalue weighted by Crippen LogP contribution is 2.20. The molecule has 0 spiro atoms. The predicted molar refractivity (Wildman–Crippen MR) is 52.9 cm³/mol. The molecule has 0 radical (unpaired) electrons. The van der Waals surface area contributed by atoms with Gasteiger partial charge in [0.15, 0.2) is 0 Å². The van der Waals surface area contributed by atoms with Crippen molar-refractivity contribution in [2.45, 2.75) is 6.04 Å². The van der Waals surface area contributed by atoms with Crippen molar-refractivity contribution in [1.82, 2.24) is 15.6 Å². The van der Waals surface area contributed by atoms with Gasteiger partial charge in [0, 0.05) is 25.8 Å². The van der Waals surface area contributed by atoms with Crippen LogP contribution in [-0.4, -0.2) is 24.6 Å². The number of halogens is 1. The van der Waals surface area contributed by atoms with Gasteiger partial charge in [-0.25, -0.2) is 0 Å². The zero-order chi connectivity index (χ0) is 9.10. The fraction of sp³-hybridized carbons (Fsp3) is 0.444. The second kappa shape index (κ2) is 4.05. The van der Waals surface area contributed by atoms with Gasteiger partial charge in [-0.2, -0.15) is 0 Å². The van der Waals surface area contributed by atoms with Crippen LogP contribution in [0.3, 0.4) is 0 Å². The van der Waals surface area contributed by atoms with Crippen molar-refractivity contribution in [1.29, 1.82) is 0 Å². The van der Waals surface area contributed by atoms with Crippen LogP contribution in [0.1, 0.15) is 11.7 Å². The minimum absolute atomic E-state index is 0.252. The van der Waals surface area contributed by atoms with Crippen LogP contribution in [0.5, 0.6) is 0 Å². The van der Waals surface area contributed by atoms with Gasteiger partial charge in [-0.15, -0.1) is 0 Å². The lowest BCUT2D eigenvalue weighted by atomic mass is 10.1. The summed E-state index contributed by atoms with van der Waals surface area (Å²) in [4.78, 5) is 4.27. The molecule has 0 aliphatic carbocycles. The van der Waals surface area contributed by atoms with E-state index in [2.05, 4.69) is 15.6 Å². The quantitative estimate of drug-likeness (QED) is 0.705. The molecule has 70 valence electrons. The summed E-state index contributed by atoms with van der Waals surface area (Å²) in [5.41, 5.74) is 0.941. The molecule has 2 rings (SSSR count). The van der Waals surface area contributed by atoms with Gasteiger partial charge in [0.2, 0.25) is 0 Å². The summed E-state index contributed by atoms with van der Waals surface area (Å²) < 4.78 is 0. The first-order chi connectivity index (χ1) is 6.38. The molecule has 1 unspecified atom stereocenters. The lowest BCUT2D eigenvalue weighted by molar-refractivity contribution is 0.423. The molecule has 4 heteroatoms. The van der Waals surface area contributed by atoms with Crippen molar-refractivity contribution in [2.24, 2.45) is 0 Å². The third-order valence-corrected chi connectivity index (χ3v) is 2.48. The molecule has 13 heavy (non-hydrogen) atoms. The zero-order valence-electron chi connectivity index (χ0n) is 7.26. The number of pyridine rings is 1. The van der Waals surface area contributed by atoms with Gasteiger partial charge in [-0.1, -0.05) is 11.6 Å². The van der Waals surface area contributed by atoms with Crippen molar-refractivity contribution < 1.29 is 0 Å². The van der Waals surface area contributed by atoms with Crippen LogP contribution in [0.25, 0.3) is 0 Å². The zero-order valence-corrected chi connectivity index (χ0v) is 8.01. The molecular formula is C9H12ClN3. The average Bonchev–Trinajstić information content (AvgIpc) is 2.20. The molecule has 0 saturated carbocycles. The molecule has 2 N–H and O–H groups in total. The van der Waals surface area contributed by atoms with Crippen LogP contribution in [0.2, 0.25) is 5.02 Å². The first kappa shape index (κ1) is 8.94. The van der Waals surface area contributed by atoms with E-state index in [1.54, 1.807) is 6.20 Å². The molecule has 1 aromatic heterocycles. The Bertz CT molecular complexity index is 284. The molecule has 0 aromatic carbocycles. The van der Waals surface area contributed by atoms with E-state index in [0.29, 0.717) is 0 Å². The third kappa shape index (κ3) is 1.99. The Morgan fingerprint density at radius 3 is 3.08 bits per heavy atom. The monoisotopic (exact) mass is 197 g/mol. The summed E-state index contributed by atoms with van der Waals surface area (Å²) in [6, 6.07) is 3.98. The minimum Gasteiger partial charge on any atom is -0.314 e. The number of aromatic nitrogens is 1. The second-order valence-electron chi connectivity index (χ2n) is 3.08. The van der Waals surface area contributed by atoms with Crippen molar-refractivity contribution in [3.8, 4) is 0 Å². The van der Waals surface area contributed by atoms with E-state index in [-0.39, 0.29) is 6.04 Å². The Hall–Kier alpha value is -0.640. The summed E-state index contributed by atoms with van der Waals surface area (Å²) in [6.07, 6.45) is 1.78. The van der Waals surface area contributed by atoms with E-state index in [1.165, 1.54) is 0 Å². The highest BCUT2D eigenvalue weighted by Gasteiger charge is 2.17. The van der Waals surface area contributed by atoms with Gasteiger partial charge in [0.25, 0.3) is 0 Å². The first-order valence-electron chi connectivity index (χ1n) is 4.42. The van der Waals surface area contributed by atoms with Crippen molar-refractivity contribution in [2.75, 3.05) is 19.6 Å². The van der Waals surface area contributed by atoms with Crippen LogP contribution in [0.15, 0.2) is 18.3 Å². The highest BCUT2D eigenvalue weighted by atomic mass is 35.5. The maximum Gasteiger partial charge on any atom is 0.0771 e. The SMILES string of the molecule is Clc1cccnc1C1CNCCN1. The average molecular weight is 198 g/mol. The molecular weight excluding hydrogens is 186 g/mol. The summed E-state index contributed by atoms with van der Waals surface area (Å²) in [6.45, 7) is 2.88. The van der Waals surface area contributed by atoms with Gasteiger partial charge in [0.1, 0.15) is 0 Å². The van der Waals surface area contributed by atoms with Crippen LogP contribution < -0.4 is 10.6 Å². The fourth-order valence-electron chi connectivity index (χ4n) is 1.50. The van der Waals surface area contributed by atoms with Crippen LogP contribution in [0, 0.1) is 0 Å². The smallest absolute Gasteiger partial charge is 0.0771 e. The number of nitrogens with zero attached hydrogens (tertiary/aromatic N) is 1. The minimum atomic E-state index is 0.252. The van der Waals surface area contributed by atoms with Crippen LogP contribution in [0.4, 0.5) is 0 Å². The number of hydrogen-bond donors (Lipinski definition) is 2. The van der Waals surface area contributed by atoms with Crippen molar-refractivity contribution in [3.05, 3.63) is 29.0 Å². The molecule has 1 fully saturated rings. The van der Waals surface area contributed by atoms with Gasteiger partial charge in [-0.05, 0) is 12.1 Å². The Morgan fingerprint density at radius 1 is 1.46 bits per heavy atom.